The molecule has 2 fully saturated rings. The molecule has 4 unspecified atom stereocenters. The molecule has 5 heteroatoms. The Bertz CT molecular complexity index is 353. The van der Waals surface area contributed by atoms with Crippen LogP contribution in [0.25, 0.3) is 0 Å². The minimum Gasteiger partial charge on any atom is -0.347 e. The molecule has 13 heavy (non-hydrogen) atoms. The van der Waals surface area contributed by atoms with Gasteiger partial charge in [0, 0.05) is 0 Å². The van der Waals surface area contributed by atoms with Gasteiger partial charge >= 0.3 is 0 Å². The van der Waals surface area contributed by atoms with Crippen molar-refractivity contribution in [1.82, 2.24) is 5.32 Å². The molecule has 0 saturated carbocycles. The van der Waals surface area contributed by atoms with Crippen molar-refractivity contribution in [3.05, 3.63) is 12.2 Å². The average Bonchev–Trinajstić information content (AvgIpc) is 2.62. The molecule has 3 aliphatic rings. The topological polar surface area (TPSA) is 55.4 Å². The number of ether oxygens (including phenoxy) is 1. The third-order valence-corrected chi connectivity index (χ3v) is 3.25. The third kappa shape index (κ3) is 0.711. The smallest absolute Gasteiger partial charge is 0.235 e. The number of fused-ring (bicyclic) bond motifs is 5. The van der Waals surface area contributed by atoms with E-state index in [0.717, 1.165) is 0 Å². The molecule has 68 valence electrons. The molecule has 0 aliphatic carbocycles. The van der Waals surface area contributed by atoms with Crippen molar-refractivity contribution in [3.8, 4) is 0 Å². The summed E-state index contributed by atoms with van der Waals surface area (Å²) < 4.78 is 5.34. The van der Waals surface area contributed by atoms with Gasteiger partial charge in [-0.15, -0.1) is 0 Å². The number of alkyl halides is 1. The highest BCUT2D eigenvalue weighted by Gasteiger charge is 2.64. The number of hydrogen-bond donors (Lipinski definition) is 1. The van der Waals surface area contributed by atoms with Gasteiger partial charge in [0.05, 0.1) is 17.9 Å². The van der Waals surface area contributed by atoms with Crippen molar-refractivity contribution >= 4 is 23.4 Å². The van der Waals surface area contributed by atoms with E-state index >= 15 is 0 Å². The number of amides is 2. The van der Waals surface area contributed by atoms with Crippen LogP contribution in [0.2, 0.25) is 0 Å². The lowest BCUT2D eigenvalue weighted by molar-refractivity contribution is -0.128. The molecular weight excluding hydrogens is 194 g/mol. The zero-order valence-corrected chi connectivity index (χ0v) is 7.25. The Labute approximate surface area is 78.9 Å². The number of carbonyl (C=O) groups excluding carboxylic acids is 2. The Hall–Kier alpha value is -0.870. The Morgan fingerprint density at radius 1 is 1.46 bits per heavy atom. The van der Waals surface area contributed by atoms with Crippen LogP contribution in [0.4, 0.5) is 0 Å². The molecule has 0 spiro atoms. The van der Waals surface area contributed by atoms with Crippen molar-refractivity contribution in [2.45, 2.75) is 11.2 Å². The molecule has 4 nitrogen and oxygen atoms in total. The van der Waals surface area contributed by atoms with Crippen LogP contribution >= 0.6 is 11.6 Å². The van der Waals surface area contributed by atoms with Gasteiger partial charge in [0.15, 0.2) is 5.06 Å². The monoisotopic (exact) mass is 199 g/mol. The summed E-state index contributed by atoms with van der Waals surface area (Å²) in [7, 11) is 0. The average molecular weight is 200 g/mol. The van der Waals surface area contributed by atoms with Gasteiger partial charge in [-0.25, -0.2) is 0 Å². The second kappa shape index (κ2) is 1.96. The van der Waals surface area contributed by atoms with Crippen LogP contribution in [-0.2, 0) is 14.3 Å². The summed E-state index contributed by atoms with van der Waals surface area (Å²) >= 11 is 6.04. The highest BCUT2D eigenvalue weighted by atomic mass is 35.5. The van der Waals surface area contributed by atoms with E-state index in [1.807, 2.05) is 0 Å². The van der Waals surface area contributed by atoms with Crippen LogP contribution in [0.1, 0.15) is 0 Å². The first-order chi connectivity index (χ1) is 6.12. The Balaban J connectivity index is 2.13. The van der Waals surface area contributed by atoms with E-state index in [9.17, 15) is 9.59 Å². The van der Waals surface area contributed by atoms with Crippen LogP contribution in [0.3, 0.4) is 0 Å². The first-order valence-corrected chi connectivity index (χ1v) is 4.40. The van der Waals surface area contributed by atoms with Crippen LogP contribution in [-0.4, -0.2) is 23.0 Å². The summed E-state index contributed by atoms with van der Waals surface area (Å²) in [6.07, 6.45) is 3.07. The molecule has 2 saturated heterocycles. The third-order valence-electron chi connectivity index (χ3n) is 2.80. The molecular formula is C8H6ClNO3. The first kappa shape index (κ1) is 7.53. The van der Waals surface area contributed by atoms with Crippen molar-refractivity contribution in [1.29, 1.82) is 0 Å². The summed E-state index contributed by atoms with van der Waals surface area (Å²) in [5.41, 5.74) is 0. The molecule has 0 radical (unpaired) electrons. The molecule has 4 atom stereocenters. The summed E-state index contributed by atoms with van der Waals surface area (Å²) in [6.45, 7) is 0. The largest absolute Gasteiger partial charge is 0.347 e. The van der Waals surface area contributed by atoms with Crippen molar-refractivity contribution in [2.24, 2.45) is 11.8 Å². The van der Waals surface area contributed by atoms with Crippen molar-refractivity contribution in [3.63, 3.8) is 0 Å². The molecule has 1 N–H and O–H groups in total. The maximum absolute atomic E-state index is 11.3. The number of hydrogen-bond acceptors (Lipinski definition) is 3. The van der Waals surface area contributed by atoms with Crippen molar-refractivity contribution < 1.29 is 14.3 Å². The van der Waals surface area contributed by atoms with E-state index in [-0.39, 0.29) is 17.9 Å². The Kier molecular flexibility index (Phi) is 1.14. The van der Waals surface area contributed by atoms with E-state index in [0.29, 0.717) is 0 Å². The number of rotatable bonds is 0. The summed E-state index contributed by atoms with van der Waals surface area (Å²) in [5, 5.41) is 1.18. The van der Waals surface area contributed by atoms with Gasteiger partial charge in [-0.2, -0.15) is 0 Å². The van der Waals surface area contributed by atoms with Gasteiger partial charge in [0.1, 0.15) is 0 Å². The molecule has 0 aromatic heterocycles. The zero-order valence-electron chi connectivity index (χ0n) is 6.49. The zero-order chi connectivity index (χ0) is 9.22. The predicted octanol–water partition coefficient (Wildman–Crippen LogP) is -0.221. The van der Waals surface area contributed by atoms with Gasteiger partial charge in [-0.1, -0.05) is 17.7 Å². The Morgan fingerprint density at radius 2 is 2.23 bits per heavy atom. The fourth-order valence-electron chi connectivity index (χ4n) is 2.24. The molecule has 2 bridgehead atoms. The summed E-state index contributed by atoms with van der Waals surface area (Å²) in [5.74, 6) is -1.56. The van der Waals surface area contributed by atoms with E-state index in [1.165, 1.54) is 0 Å². The first-order valence-electron chi connectivity index (χ1n) is 4.03. The number of nitrogens with one attached hydrogen (secondary N) is 1. The number of carbonyl (C=O) groups is 2. The highest BCUT2D eigenvalue weighted by molar-refractivity contribution is 6.28. The predicted molar refractivity (Wildman–Crippen MR) is 42.7 cm³/mol. The van der Waals surface area contributed by atoms with Gasteiger partial charge < -0.3 is 4.74 Å². The van der Waals surface area contributed by atoms with E-state index in [4.69, 9.17) is 16.3 Å². The van der Waals surface area contributed by atoms with Crippen LogP contribution < -0.4 is 5.32 Å². The Morgan fingerprint density at radius 3 is 2.92 bits per heavy atom. The lowest BCUT2D eigenvalue weighted by Gasteiger charge is -2.19. The molecule has 3 aliphatic heterocycles. The van der Waals surface area contributed by atoms with Crippen LogP contribution in [0.15, 0.2) is 12.2 Å². The minimum atomic E-state index is -1.08. The van der Waals surface area contributed by atoms with Gasteiger partial charge in [-0.3, -0.25) is 14.9 Å². The van der Waals surface area contributed by atoms with Gasteiger partial charge in [0.2, 0.25) is 11.8 Å². The fourth-order valence-corrected chi connectivity index (χ4v) is 2.65. The molecule has 3 heterocycles. The summed E-state index contributed by atoms with van der Waals surface area (Å²) in [4.78, 5) is 22.6. The molecule has 0 aromatic rings. The highest BCUT2D eigenvalue weighted by Crippen LogP contribution is 2.51. The number of imide groups is 1. The lowest BCUT2D eigenvalue weighted by Crippen LogP contribution is -2.34. The van der Waals surface area contributed by atoms with Crippen LogP contribution in [0, 0.1) is 11.8 Å². The maximum atomic E-state index is 11.3. The SMILES string of the molecule is O=C1NC(=O)C2C1C1C=CC2(Cl)O1. The van der Waals surface area contributed by atoms with E-state index in [2.05, 4.69) is 5.32 Å². The van der Waals surface area contributed by atoms with Gasteiger partial charge in [0.25, 0.3) is 0 Å². The van der Waals surface area contributed by atoms with E-state index < -0.39 is 16.9 Å². The normalized spacial score (nSPS) is 51.3. The standard InChI is InChI=1S/C8H6ClNO3/c9-8-2-1-3(13-8)4-5(8)7(12)10-6(4)11/h1-5H,(H,10,11,12). The molecule has 0 aromatic carbocycles. The number of halogens is 1. The van der Waals surface area contributed by atoms with Gasteiger partial charge in [-0.05, 0) is 6.08 Å². The maximum Gasteiger partial charge on any atom is 0.235 e. The van der Waals surface area contributed by atoms with E-state index in [1.54, 1.807) is 12.2 Å². The quantitative estimate of drug-likeness (QED) is 0.333. The van der Waals surface area contributed by atoms with Crippen molar-refractivity contribution in [2.75, 3.05) is 0 Å². The minimum absolute atomic E-state index is 0.271. The lowest BCUT2D eigenvalue weighted by atomic mass is 9.85. The summed E-state index contributed by atoms with van der Waals surface area (Å²) in [6, 6.07) is 0. The molecule has 2 amide bonds. The van der Waals surface area contributed by atoms with Crippen LogP contribution in [0.5, 0.6) is 0 Å². The second-order valence-electron chi connectivity index (χ2n) is 3.50. The second-order valence-corrected chi connectivity index (χ2v) is 4.09. The fraction of sp³-hybridized carbons (Fsp3) is 0.500. The molecule has 3 rings (SSSR count).